The van der Waals surface area contributed by atoms with Gasteiger partial charge in [-0.1, -0.05) is 83.0 Å². The Bertz CT molecular complexity index is 1020. The Balaban J connectivity index is 1.62. The molecule has 2 atom stereocenters. The van der Waals surface area contributed by atoms with Gasteiger partial charge in [0.1, 0.15) is 12.4 Å². The topological polar surface area (TPSA) is 73.9 Å². The number of urea groups is 1. The molecule has 1 aliphatic rings. The molecule has 0 spiro atoms. The highest BCUT2D eigenvalue weighted by Gasteiger charge is 2.25. The van der Waals surface area contributed by atoms with Gasteiger partial charge in [-0.25, -0.2) is 4.79 Å². The van der Waals surface area contributed by atoms with E-state index in [4.69, 9.17) is 4.74 Å². The minimum Gasteiger partial charge on any atom is -0.489 e. The number of likely N-dealkylation sites (tertiary alicyclic amines) is 1. The number of hydrogen-bond acceptors (Lipinski definition) is 4. The third-order valence-corrected chi connectivity index (χ3v) is 7.89. The van der Waals surface area contributed by atoms with Crippen LogP contribution >= 0.6 is 0 Å². The Hall–Kier alpha value is -3.06. The fraction of sp³-hybridized carbons (Fsp3) is 0.588. The molecule has 41 heavy (non-hydrogen) atoms. The first-order valence-corrected chi connectivity index (χ1v) is 15.7. The van der Waals surface area contributed by atoms with Crippen molar-refractivity contribution < 1.29 is 14.3 Å². The summed E-state index contributed by atoms with van der Waals surface area (Å²) in [5, 5.41) is 6.45. The second kappa shape index (κ2) is 17.7. The normalized spacial score (nSPS) is 15.3. The Morgan fingerprint density at radius 1 is 0.902 bits per heavy atom. The van der Waals surface area contributed by atoms with Gasteiger partial charge in [0.25, 0.3) is 0 Å². The van der Waals surface area contributed by atoms with Crippen molar-refractivity contribution in [3.63, 3.8) is 0 Å². The smallest absolute Gasteiger partial charge is 0.317 e. The molecule has 2 aromatic rings. The molecule has 0 unspecified atom stereocenters. The van der Waals surface area contributed by atoms with Crippen molar-refractivity contribution in [3.8, 4) is 5.75 Å². The van der Waals surface area contributed by atoms with Crippen LogP contribution in [0.1, 0.15) is 70.9 Å². The Morgan fingerprint density at radius 2 is 1.56 bits per heavy atom. The Morgan fingerprint density at radius 3 is 2.17 bits per heavy atom. The van der Waals surface area contributed by atoms with Crippen LogP contribution in [0.4, 0.5) is 4.79 Å². The molecular weight excluding hydrogens is 512 g/mol. The summed E-state index contributed by atoms with van der Waals surface area (Å²) in [6, 6.07) is 18.3. The van der Waals surface area contributed by atoms with Crippen LogP contribution in [0.3, 0.4) is 0 Å². The van der Waals surface area contributed by atoms with E-state index in [1.807, 2.05) is 35.2 Å². The van der Waals surface area contributed by atoms with E-state index in [1.54, 1.807) is 0 Å². The van der Waals surface area contributed by atoms with Crippen LogP contribution in [0.25, 0.3) is 0 Å². The maximum absolute atomic E-state index is 13.6. The second-order valence-corrected chi connectivity index (χ2v) is 11.7. The van der Waals surface area contributed by atoms with Crippen molar-refractivity contribution >= 4 is 11.9 Å². The van der Waals surface area contributed by atoms with Crippen molar-refractivity contribution in [2.45, 2.75) is 78.9 Å². The van der Waals surface area contributed by atoms with Crippen LogP contribution in [-0.2, 0) is 17.8 Å². The van der Waals surface area contributed by atoms with E-state index >= 15 is 0 Å². The van der Waals surface area contributed by atoms with Gasteiger partial charge in [-0.2, -0.15) is 0 Å². The van der Waals surface area contributed by atoms with Gasteiger partial charge in [0.2, 0.25) is 5.91 Å². The molecular formula is C34H52N4O3. The lowest BCUT2D eigenvalue weighted by Crippen LogP contribution is -2.50. The zero-order valence-electron chi connectivity index (χ0n) is 25.7. The number of carbonyl (C=O) groups excluding carboxylic acids is 2. The van der Waals surface area contributed by atoms with Crippen molar-refractivity contribution in [3.05, 3.63) is 65.7 Å². The van der Waals surface area contributed by atoms with Gasteiger partial charge in [-0.05, 0) is 68.0 Å². The number of likely N-dealkylation sites (N-methyl/N-ethyl adjacent to an activating group) is 1. The summed E-state index contributed by atoms with van der Waals surface area (Å²) in [6.45, 7) is 13.7. The molecule has 1 aliphatic heterocycles. The van der Waals surface area contributed by atoms with E-state index in [9.17, 15) is 9.59 Å². The molecule has 0 aromatic heterocycles. The zero-order chi connectivity index (χ0) is 29.5. The number of carbonyl (C=O) groups is 2. The van der Waals surface area contributed by atoms with Crippen molar-refractivity contribution in [1.82, 2.24) is 20.4 Å². The molecule has 0 saturated carbocycles. The van der Waals surface area contributed by atoms with Crippen molar-refractivity contribution in [1.29, 1.82) is 0 Å². The summed E-state index contributed by atoms with van der Waals surface area (Å²) in [7, 11) is 0. The molecule has 0 bridgehead atoms. The minimum atomic E-state index is -0.265. The summed E-state index contributed by atoms with van der Waals surface area (Å²) in [5.41, 5.74) is 2.29. The summed E-state index contributed by atoms with van der Waals surface area (Å²) in [4.78, 5) is 30.8. The number of hydrogen-bond donors (Lipinski definition) is 2. The molecule has 0 aliphatic carbocycles. The molecule has 0 radical (unpaired) electrons. The van der Waals surface area contributed by atoms with Crippen LogP contribution in [0, 0.1) is 11.8 Å². The van der Waals surface area contributed by atoms with Gasteiger partial charge < -0.3 is 25.2 Å². The van der Waals surface area contributed by atoms with Gasteiger partial charge in [0.05, 0.1) is 5.92 Å². The highest BCUT2D eigenvalue weighted by molar-refractivity contribution is 5.80. The molecule has 2 aromatic carbocycles. The fourth-order valence-corrected chi connectivity index (χ4v) is 5.47. The summed E-state index contributed by atoms with van der Waals surface area (Å²) in [6.07, 6.45) is 5.93. The minimum absolute atomic E-state index is 0.0230. The lowest BCUT2D eigenvalue weighted by molar-refractivity contribution is -0.126. The molecule has 7 heteroatoms. The van der Waals surface area contributed by atoms with E-state index in [-0.39, 0.29) is 23.9 Å². The average Bonchev–Trinajstić information content (AvgIpc) is 3.27. The van der Waals surface area contributed by atoms with Crippen molar-refractivity contribution in [2.75, 3.05) is 39.3 Å². The first-order valence-electron chi connectivity index (χ1n) is 15.7. The molecule has 1 heterocycles. The lowest BCUT2D eigenvalue weighted by Gasteiger charge is -2.29. The number of nitrogens with zero attached hydrogens (tertiary/aromatic N) is 2. The van der Waals surface area contributed by atoms with Crippen LogP contribution in [0.5, 0.6) is 5.75 Å². The molecule has 3 amide bonds. The summed E-state index contributed by atoms with van der Waals surface area (Å²) >= 11 is 0. The Labute approximate surface area is 248 Å². The standard InChI is InChI=1S/C34H52N4O3/c1-5-37(6-2)25-31(23-28-16-18-32(19-17-28)41-26-29-14-10-9-11-15-29)36-33(39)30(22-27(3)4)24-35-34(40)38-20-12-7-8-13-21-38/h9-11,14-19,27,30-31H,5-8,12-13,20-26H2,1-4H3,(H,35,40)(H,36,39)/t30-,31+/m1/s1. The first kappa shape index (κ1) is 32.5. The van der Waals surface area contributed by atoms with Crippen LogP contribution in [0.15, 0.2) is 54.6 Å². The van der Waals surface area contributed by atoms with Gasteiger partial charge in [0, 0.05) is 32.2 Å². The lowest BCUT2D eigenvalue weighted by atomic mass is 9.95. The highest BCUT2D eigenvalue weighted by Crippen LogP contribution is 2.17. The van der Waals surface area contributed by atoms with Crippen molar-refractivity contribution in [2.24, 2.45) is 11.8 Å². The predicted molar refractivity (Wildman–Crippen MR) is 167 cm³/mol. The zero-order valence-corrected chi connectivity index (χ0v) is 25.7. The van der Waals surface area contributed by atoms with E-state index in [0.717, 1.165) is 75.3 Å². The fourth-order valence-electron chi connectivity index (χ4n) is 5.47. The molecule has 3 rings (SSSR count). The second-order valence-electron chi connectivity index (χ2n) is 11.7. The van der Waals surface area contributed by atoms with Gasteiger partial charge >= 0.3 is 6.03 Å². The monoisotopic (exact) mass is 564 g/mol. The van der Waals surface area contributed by atoms with E-state index in [0.29, 0.717) is 19.1 Å². The highest BCUT2D eigenvalue weighted by atomic mass is 16.5. The maximum atomic E-state index is 13.6. The largest absolute Gasteiger partial charge is 0.489 e. The van der Waals surface area contributed by atoms with E-state index < -0.39 is 0 Å². The molecule has 7 nitrogen and oxygen atoms in total. The number of benzene rings is 2. The average molecular weight is 565 g/mol. The molecule has 1 saturated heterocycles. The SMILES string of the molecule is CCN(CC)C[C@H](Cc1ccc(OCc2ccccc2)cc1)NC(=O)[C@@H](CNC(=O)N1CCCCCC1)CC(C)C. The van der Waals surface area contributed by atoms with Gasteiger partial charge in [-0.3, -0.25) is 4.79 Å². The van der Waals surface area contributed by atoms with Crippen LogP contribution in [0.2, 0.25) is 0 Å². The quantitative estimate of drug-likeness (QED) is 0.283. The Kier molecular flexibility index (Phi) is 14.0. The van der Waals surface area contributed by atoms with E-state index in [1.165, 1.54) is 12.8 Å². The molecule has 1 fully saturated rings. The predicted octanol–water partition coefficient (Wildman–Crippen LogP) is 5.88. The number of amides is 3. The van der Waals surface area contributed by atoms with E-state index in [2.05, 4.69) is 67.5 Å². The number of nitrogens with one attached hydrogen (secondary N) is 2. The molecule has 226 valence electrons. The number of rotatable bonds is 15. The van der Waals surface area contributed by atoms with Crippen LogP contribution < -0.4 is 15.4 Å². The third-order valence-electron chi connectivity index (χ3n) is 7.89. The summed E-state index contributed by atoms with van der Waals surface area (Å²) < 4.78 is 5.97. The third kappa shape index (κ3) is 11.8. The van der Waals surface area contributed by atoms with Gasteiger partial charge in [-0.15, -0.1) is 0 Å². The number of ether oxygens (including phenoxy) is 1. The molecule has 2 N–H and O–H groups in total. The summed E-state index contributed by atoms with van der Waals surface area (Å²) in [5.74, 6) is 0.943. The van der Waals surface area contributed by atoms with Gasteiger partial charge in [0.15, 0.2) is 0 Å². The van der Waals surface area contributed by atoms with Crippen LogP contribution in [-0.4, -0.2) is 67.0 Å². The maximum Gasteiger partial charge on any atom is 0.317 e. The first-order chi connectivity index (χ1) is 19.9.